The van der Waals surface area contributed by atoms with Gasteiger partial charge in [0, 0.05) is 5.75 Å². The molecule has 0 saturated heterocycles. The van der Waals surface area contributed by atoms with Gasteiger partial charge in [-0.1, -0.05) is 43.2 Å². The fourth-order valence-electron chi connectivity index (χ4n) is 2.78. The number of hydrogen-bond donors (Lipinski definition) is 1. The van der Waals surface area contributed by atoms with E-state index >= 15 is 0 Å². The Morgan fingerprint density at radius 3 is 2.74 bits per heavy atom. The van der Waals surface area contributed by atoms with Crippen LogP contribution in [0.25, 0.3) is 10.2 Å². The van der Waals surface area contributed by atoms with E-state index in [2.05, 4.69) is 36.9 Å². The summed E-state index contributed by atoms with van der Waals surface area (Å²) < 4.78 is 2.52. The number of nitrogens with zero attached hydrogens (tertiary/aromatic N) is 1. The Hall–Kier alpha value is -0.190. The third kappa shape index (κ3) is 3.11. The van der Waals surface area contributed by atoms with Crippen LogP contribution in [0.3, 0.4) is 0 Å². The summed E-state index contributed by atoms with van der Waals surface area (Å²) in [6.07, 6.45) is 6.84. The SMILES string of the molecule is SCC1(CSc2nc3ccccc3s2)CCCCC1. The molecule has 1 aliphatic carbocycles. The zero-order chi connectivity index (χ0) is 13.1. The lowest BCUT2D eigenvalue weighted by atomic mass is 9.77. The second-order valence-corrected chi connectivity index (χ2v) is 8.02. The van der Waals surface area contributed by atoms with E-state index in [0.717, 1.165) is 11.3 Å². The molecule has 4 heteroatoms. The van der Waals surface area contributed by atoms with Crippen molar-refractivity contribution < 1.29 is 0 Å². The first-order valence-electron chi connectivity index (χ1n) is 6.91. The number of rotatable bonds is 4. The van der Waals surface area contributed by atoms with Gasteiger partial charge in [-0.25, -0.2) is 4.98 Å². The van der Waals surface area contributed by atoms with Crippen molar-refractivity contribution in [2.45, 2.75) is 36.4 Å². The summed E-state index contributed by atoms with van der Waals surface area (Å²) in [5.74, 6) is 2.20. The standard InChI is InChI=1S/C15H19NS3/c17-10-15(8-4-1-5-9-15)11-18-14-16-12-6-2-3-7-13(12)19-14/h2-3,6-7,17H,1,4-5,8-11H2. The third-order valence-electron chi connectivity index (χ3n) is 4.03. The molecule has 19 heavy (non-hydrogen) atoms. The molecule has 1 fully saturated rings. The predicted octanol–water partition coefficient (Wildman–Crippen LogP) is 5.27. The summed E-state index contributed by atoms with van der Waals surface area (Å²) in [7, 11) is 0. The van der Waals surface area contributed by atoms with Gasteiger partial charge in [0.05, 0.1) is 10.2 Å². The van der Waals surface area contributed by atoms with Gasteiger partial charge >= 0.3 is 0 Å². The van der Waals surface area contributed by atoms with Crippen molar-refractivity contribution in [2.75, 3.05) is 11.5 Å². The van der Waals surface area contributed by atoms with Crippen molar-refractivity contribution in [2.24, 2.45) is 5.41 Å². The number of hydrogen-bond acceptors (Lipinski definition) is 4. The number of benzene rings is 1. The first kappa shape index (κ1) is 13.8. The highest BCUT2D eigenvalue weighted by atomic mass is 32.2. The Labute approximate surface area is 128 Å². The Morgan fingerprint density at radius 2 is 2.00 bits per heavy atom. The highest BCUT2D eigenvalue weighted by Gasteiger charge is 2.31. The molecule has 2 aromatic rings. The Morgan fingerprint density at radius 1 is 1.21 bits per heavy atom. The molecule has 0 spiro atoms. The summed E-state index contributed by atoms with van der Waals surface area (Å²) in [6, 6.07) is 8.41. The number of fused-ring (bicyclic) bond motifs is 1. The molecule has 0 radical (unpaired) electrons. The van der Waals surface area contributed by atoms with Crippen molar-refractivity contribution in [1.29, 1.82) is 0 Å². The van der Waals surface area contributed by atoms with Gasteiger partial charge in [0.1, 0.15) is 0 Å². The van der Waals surface area contributed by atoms with Crippen LogP contribution >= 0.6 is 35.7 Å². The van der Waals surface area contributed by atoms with Crippen molar-refractivity contribution in [1.82, 2.24) is 4.98 Å². The molecule has 3 rings (SSSR count). The van der Waals surface area contributed by atoms with Crippen molar-refractivity contribution in [3.63, 3.8) is 0 Å². The van der Waals surface area contributed by atoms with Crippen molar-refractivity contribution >= 4 is 45.9 Å². The minimum Gasteiger partial charge on any atom is -0.230 e. The van der Waals surface area contributed by atoms with Crippen LogP contribution in [0, 0.1) is 5.41 Å². The van der Waals surface area contributed by atoms with Gasteiger partial charge in [0.15, 0.2) is 4.34 Å². The number of thiol groups is 1. The van der Waals surface area contributed by atoms with Crippen molar-refractivity contribution in [3.05, 3.63) is 24.3 Å². The zero-order valence-corrected chi connectivity index (χ0v) is 13.5. The number of thiazole rings is 1. The number of thioether (sulfide) groups is 1. The van der Waals surface area contributed by atoms with E-state index in [0.29, 0.717) is 5.41 Å². The summed E-state index contributed by atoms with van der Waals surface area (Å²) in [6.45, 7) is 0. The first-order valence-corrected chi connectivity index (χ1v) is 9.34. The minimum atomic E-state index is 0.448. The third-order valence-corrected chi connectivity index (χ3v) is 7.23. The van der Waals surface area contributed by atoms with Gasteiger partial charge in [0.25, 0.3) is 0 Å². The molecule has 1 heterocycles. The van der Waals surface area contributed by atoms with E-state index in [9.17, 15) is 0 Å². The second kappa shape index (κ2) is 6.06. The highest BCUT2D eigenvalue weighted by Crippen LogP contribution is 2.42. The van der Waals surface area contributed by atoms with Crippen molar-refractivity contribution in [3.8, 4) is 0 Å². The maximum Gasteiger partial charge on any atom is 0.151 e. The Kier molecular flexibility index (Phi) is 4.40. The fourth-order valence-corrected chi connectivity index (χ4v) is 5.72. The van der Waals surface area contributed by atoms with Crippen LogP contribution in [-0.2, 0) is 0 Å². The normalized spacial score (nSPS) is 18.8. The molecular weight excluding hydrogens is 290 g/mol. The topological polar surface area (TPSA) is 12.9 Å². The molecule has 1 aliphatic rings. The summed E-state index contributed by atoms with van der Waals surface area (Å²) in [5.41, 5.74) is 1.59. The average Bonchev–Trinajstić information content (AvgIpc) is 2.89. The molecular formula is C15H19NS3. The Balaban J connectivity index is 1.70. The quantitative estimate of drug-likeness (QED) is 0.610. The predicted molar refractivity (Wildman–Crippen MR) is 89.7 cm³/mol. The number of para-hydroxylation sites is 1. The lowest BCUT2D eigenvalue weighted by Crippen LogP contribution is -2.28. The lowest BCUT2D eigenvalue weighted by Gasteiger charge is -2.35. The monoisotopic (exact) mass is 309 g/mol. The summed E-state index contributed by atoms with van der Waals surface area (Å²) in [5, 5.41) is 0. The van der Waals surface area contributed by atoms with Crippen LogP contribution in [0.5, 0.6) is 0 Å². The van der Waals surface area contributed by atoms with Crippen LogP contribution in [0.1, 0.15) is 32.1 Å². The van der Waals surface area contributed by atoms with Gasteiger partial charge in [-0.15, -0.1) is 11.3 Å². The molecule has 1 nitrogen and oxygen atoms in total. The van der Waals surface area contributed by atoms with Gasteiger partial charge in [0.2, 0.25) is 0 Å². The smallest absolute Gasteiger partial charge is 0.151 e. The van der Waals surface area contributed by atoms with E-state index in [-0.39, 0.29) is 0 Å². The maximum atomic E-state index is 4.72. The van der Waals surface area contributed by atoms with E-state index in [1.807, 2.05) is 23.1 Å². The minimum absolute atomic E-state index is 0.448. The first-order chi connectivity index (χ1) is 9.31. The molecule has 0 bridgehead atoms. The van der Waals surface area contributed by atoms with Crippen LogP contribution in [-0.4, -0.2) is 16.5 Å². The molecule has 0 aliphatic heterocycles. The van der Waals surface area contributed by atoms with E-state index < -0.39 is 0 Å². The van der Waals surface area contributed by atoms with Gasteiger partial charge in [-0.05, 0) is 36.1 Å². The second-order valence-electron chi connectivity index (χ2n) is 5.45. The van der Waals surface area contributed by atoms with E-state index in [4.69, 9.17) is 4.98 Å². The van der Waals surface area contributed by atoms with Gasteiger partial charge < -0.3 is 0 Å². The van der Waals surface area contributed by atoms with Crippen LogP contribution in [0.2, 0.25) is 0 Å². The molecule has 1 saturated carbocycles. The molecule has 0 amide bonds. The van der Waals surface area contributed by atoms with Gasteiger partial charge in [-0.3, -0.25) is 0 Å². The van der Waals surface area contributed by atoms with Crippen LogP contribution in [0.15, 0.2) is 28.6 Å². The summed E-state index contributed by atoms with van der Waals surface area (Å²) in [4.78, 5) is 4.72. The fraction of sp³-hybridized carbons (Fsp3) is 0.533. The molecule has 1 aromatic carbocycles. The average molecular weight is 310 g/mol. The van der Waals surface area contributed by atoms with E-state index in [1.165, 1.54) is 46.9 Å². The molecule has 1 aromatic heterocycles. The maximum absolute atomic E-state index is 4.72. The molecule has 0 N–H and O–H groups in total. The highest BCUT2D eigenvalue weighted by molar-refractivity contribution is 8.01. The van der Waals surface area contributed by atoms with E-state index in [1.54, 1.807) is 0 Å². The van der Waals surface area contributed by atoms with Crippen LogP contribution in [0.4, 0.5) is 0 Å². The Bertz CT molecular complexity index is 510. The zero-order valence-electron chi connectivity index (χ0n) is 11.0. The summed E-state index contributed by atoms with van der Waals surface area (Å²) >= 11 is 8.37. The lowest BCUT2D eigenvalue weighted by molar-refractivity contribution is 0.259. The largest absolute Gasteiger partial charge is 0.230 e. The van der Waals surface area contributed by atoms with Crippen LogP contribution < -0.4 is 0 Å². The molecule has 0 atom stereocenters. The van der Waals surface area contributed by atoms with Gasteiger partial charge in [-0.2, -0.15) is 12.6 Å². The molecule has 0 unspecified atom stereocenters. The molecule has 102 valence electrons. The number of aromatic nitrogens is 1.